The van der Waals surface area contributed by atoms with Crippen molar-refractivity contribution in [2.75, 3.05) is 45.8 Å². The van der Waals surface area contributed by atoms with E-state index in [-0.39, 0.29) is 5.91 Å². The van der Waals surface area contributed by atoms with Crippen LogP contribution in [-0.2, 0) is 16.1 Å². The molecule has 1 saturated heterocycles. The molecule has 0 bridgehead atoms. The zero-order valence-corrected chi connectivity index (χ0v) is 19.6. The lowest BCUT2D eigenvalue weighted by molar-refractivity contribution is -0.111. The van der Waals surface area contributed by atoms with Crippen LogP contribution in [0.5, 0.6) is 11.5 Å². The van der Waals surface area contributed by atoms with Crippen LogP contribution in [0.15, 0.2) is 54.6 Å². The zero-order valence-electron chi connectivity index (χ0n) is 18.7. The number of nitrogens with zero attached hydrogens (tertiary/aromatic N) is 2. The molecule has 33 heavy (non-hydrogen) atoms. The van der Waals surface area contributed by atoms with Gasteiger partial charge in [0, 0.05) is 41.7 Å². The molecule has 0 unspecified atom stereocenters. The molecular weight excluding hydrogens is 438 g/mol. The van der Waals surface area contributed by atoms with Gasteiger partial charge in [0.1, 0.15) is 11.5 Å². The first-order valence-corrected chi connectivity index (χ1v) is 11.5. The maximum absolute atomic E-state index is 12.7. The van der Waals surface area contributed by atoms with Crippen LogP contribution < -0.4 is 14.8 Å². The molecule has 7 nitrogen and oxygen atoms in total. The average molecular weight is 466 g/mol. The molecule has 1 amide bonds. The van der Waals surface area contributed by atoms with Crippen molar-refractivity contribution in [3.63, 3.8) is 0 Å². The van der Waals surface area contributed by atoms with Crippen LogP contribution in [0.25, 0.3) is 17.3 Å². The molecule has 0 spiro atoms. The molecule has 0 radical (unpaired) electrons. The van der Waals surface area contributed by atoms with E-state index < -0.39 is 0 Å². The predicted octanol–water partition coefficient (Wildman–Crippen LogP) is 4.31. The van der Waals surface area contributed by atoms with E-state index in [1.807, 2.05) is 42.5 Å². The van der Waals surface area contributed by atoms with Crippen LogP contribution in [0.3, 0.4) is 0 Å². The van der Waals surface area contributed by atoms with Crippen LogP contribution in [0.4, 0.5) is 5.13 Å². The number of methoxy groups -OCH3 is 2. The first-order chi connectivity index (χ1) is 16.2. The van der Waals surface area contributed by atoms with E-state index in [0.717, 1.165) is 54.5 Å². The van der Waals surface area contributed by atoms with E-state index >= 15 is 0 Å². The predicted molar refractivity (Wildman–Crippen MR) is 131 cm³/mol. The number of thiazole rings is 1. The molecule has 4 rings (SSSR count). The maximum atomic E-state index is 12.7. The van der Waals surface area contributed by atoms with Gasteiger partial charge < -0.3 is 14.2 Å². The number of hydrogen-bond acceptors (Lipinski definition) is 7. The van der Waals surface area contributed by atoms with Crippen molar-refractivity contribution >= 4 is 28.5 Å². The molecule has 1 fully saturated rings. The Hall–Kier alpha value is -3.20. The number of ether oxygens (including phenoxy) is 3. The van der Waals surface area contributed by atoms with Gasteiger partial charge in [-0.2, -0.15) is 0 Å². The molecule has 8 heteroatoms. The smallest absolute Gasteiger partial charge is 0.250 e. The van der Waals surface area contributed by atoms with E-state index in [1.54, 1.807) is 26.4 Å². The minimum atomic E-state index is -0.258. The largest absolute Gasteiger partial charge is 0.497 e. The Morgan fingerprint density at radius 2 is 1.94 bits per heavy atom. The number of carbonyl (C=O) groups excluding carboxylic acids is 1. The van der Waals surface area contributed by atoms with Crippen LogP contribution in [0.1, 0.15) is 10.4 Å². The van der Waals surface area contributed by atoms with Crippen LogP contribution in [-0.4, -0.2) is 56.3 Å². The molecule has 172 valence electrons. The van der Waals surface area contributed by atoms with Crippen molar-refractivity contribution < 1.29 is 19.0 Å². The Balaban J connectivity index is 1.52. The van der Waals surface area contributed by atoms with Crippen molar-refractivity contribution in [3.05, 3.63) is 65.0 Å². The second-order valence-electron chi connectivity index (χ2n) is 7.48. The van der Waals surface area contributed by atoms with Gasteiger partial charge in [-0.25, -0.2) is 4.98 Å². The van der Waals surface area contributed by atoms with Gasteiger partial charge in [0.25, 0.3) is 0 Å². The molecule has 0 aliphatic carbocycles. The summed E-state index contributed by atoms with van der Waals surface area (Å²) in [5.74, 6) is 1.09. The third-order valence-electron chi connectivity index (χ3n) is 5.30. The zero-order chi connectivity index (χ0) is 23.0. The quantitative estimate of drug-likeness (QED) is 0.500. The van der Waals surface area contributed by atoms with E-state index in [1.165, 1.54) is 17.4 Å². The number of anilines is 1. The summed E-state index contributed by atoms with van der Waals surface area (Å²) < 4.78 is 16.1. The number of rotatable bonds is 8. The fourth-order valence-corrected chi connectivity index (χ4v) is 4.61. The summed E-state index contributed by atoms with van der Waals surface area (Å²) in [6.07, 6.45) is 3.18. The number of benzene rings is 2. The van der Waals surface area contributed by atoms with Crippen molar-refractivity contribution in [2.24, 2.45) is 0 Å². The normalized spacial score (nSPS) is 14.4. The summed E-state index contributed by atoms with van der Waals surface area (Å²) >= 11 is 1.51. The second-order valence-corrected chi connectivity index (χ2v) is 8.56. The molecule has 3 aromatic rings. The highest BCUT2D eigenvalue weighted by atomic mass is 32.1. The van der Waals surface area contributed by atoms with Gasteiger partial charge in [-0.3, -0.25) is 15.0 Å². The first-order valence-electron chi connectivity index (χ1n) is 10.7. The van der Waals surface area contributed by atoms with Gasteiger partial charge in [0.15, 0.2) is 5.13 Å². The summed E-state index contributed by atoms with van der Waals surface area (Å²) in [5.41, 5.74) is 2.69. The fourth-order valence-electron chi connectivity index (χ4n) is 3.58. The topological polar surface area (TPSA) is 72.9 Å². The molecule has 1 aromatic heterocycles. The van der Waals surface area contributed by atoms with Gasteiger partial charge in [0.05, 0.1) is 33.1 Å². The van der Waals surface area contributed by atoms with E-state index in [2.05, 4.69) is 10.2 Å². The Morgan fingerprint density at radius 1 is 1.15 bits per heavy atom. The first kappa shape index (κ1) is 23.0. The SMILES string of the molecule is COc1ccc(OC)c(/C=C/C(=O)Nc2nc(-c3ccccc3)c(CN3CCOCC3)s2)c1. The summed E-state index contributed by atoms with van der Waals surface area (Å²) in [7, 11) is 3.19. The second kappa shape index (κ2) is 11.1. The summed E-state index contributed by atoms with van der Waals surface area (Å²) in [6.45, 7) is 4.03. The highest BCUT2D eigenvalue weighted by molar-refractivity contribution is 7.16. The monoisotopic (exact) mass is 465 g/mol. The highest BCUT2D eigenvalue weighted by Crippen LogP contribution is 2.32. The Morgan fingerprint density at radius 3 is 2.67 bits per heavy atom. The standard InChI is InChI=1S/C25H27N3O4S/c1-30-20-9-10-21(31-2)19(16-20)8-11-23(29)26-25-27-24(18-6-4-3-5-7-18)22(33-25)17-28-12-14-32-15-13-28/h3-11,16H,12-15,17H2,1-2H3,(H,26,27,29)/b11-8+. The molecule has 1 aliphatic heterocycles. The van der Waals surface area contributed by atoms with Gasteiger partial charge in [-0.15, -0.1) is 0 Å². The average Bonchev–Trinajstić information content (AvgIpc) is 3.25. The molecule has 0 atom stereocenters. The van der Waals surface area contributed by atoms with E-state index in [4.69, 9.17) is 19.2 Å². The molecule has 2 aromatic carbocycles. The lowest BCUT2D eigenvalue weighted by Crippen LogP contribution is -2.35. The van der Waals surface area contributed by atoms with Gasteiger partial charge in [0.2, 0.25) is 5.91 Å². The minimum Gasteiger partial charge on any atom is -0.497 e. The molecule has 0 saturated carbocycles. The van der Waals surface area contributed by atoms with Crippen molar-refractivity contribution in [2.45, 2.75) is 6.54 Å². The summed E-state index contributed by atoms with van der Waals surface area (Å²) in [4.78, 5) is 20.9. The van der Waals surface area contributed by atoms with E-state index in [9.17, 15) is 4.79 Å². The minimum absolute atomic E-state index is 0.258. The van der Waals surface area contributed by atoms with Crippen LogP contribution >= 0.6 is 11.3 Å². The van der Waals surface area contributed by atoms with Crippen molar-refractivity contribution in [1.29, 1.82) is 0 Å². The number of amides is 1. The molecule has 1 aliphatic rings. The molecule has 1 N–H and O–H groups in total. The van der Waals surface area contributed by atoms with Crippen molar-refractivity contribution in [3.8, 4) is 22.8 Å². The summed E-state index contributed by atoms with van der Waals surface area (Å²) in [6, 6.07) is 15.5. The summed E-state index contributed by atoms with van der Waals surface area (Å²) in [5, 5.41) is 3.49. The molecule has 2 heterocycles. The number of morpholine rings is 1. The maximum Gasteiger partial charge on any atom is 0.250 e. The molecular formula is C25H27N3O4S. The third kappa shape index (κ3) is 5.98. The van der Waals surface area contributed by atoms with Gasteiger partial charge in [-0.1, -0.05) is 41.7 Å². The van der Waals surface area contributed by atoms with Crippen LogP contribution in [0, 0.1) is 0 Å². The lowest BCUT2D eigenvalue weighted by Gasteiger charge is -2.26. The highest BCUT2D eigenvalue weighted by Gasteiger charge is 2.18. The number of hydrogen-bond donors (Lipinski definition) is 1. The van der Waals surface area contributed by atoms with Gasteiger partial charge in [-0.05, 0) is 24.3 Å². The Bertz CT molecular complexity index is 1110. The van der Waals surface area contributed by atoms with E-state index in [0.29, 0.717) is 16.6 Å². The number of nitrogens with one attached hydrogen (secondary N) is 1. The number of carbonyl (C=O) groups is 1. The van der Waals surface area contributed by atoms with Gasteiger partial charge >= 0.3 is 0 Å². The number of aromatic nitrogens is 1. The Kier molecular flexibility index (Phi) is 7.72. The lowest BCUT2D eigenvalue weighted by atomic mass is 10.1. The third-order valence-corrected chi connectivity index (χ3v) is 6.25. The fraction of sp³-hybridized carbons (Fsp3) is 0.280. The van der Waals surface area contributed by atoms with Crippen molar-refractivity contribution in [1.82, 2.24) is 9.88 Å². The Labute approximate surface area is 197 Å². The van der Waals surface area contributed by atoms with Crippen LogP contribution in [0.2, 0.25) is 0 Å².